The molecule has 0 unspecified atom stereocenters. The summed E-state index contributed by atoms with van der Waals surface area (Å²) in [5.74, 6) is 2.33. The molecule has 1 aliphatic rings. The van der Waals surface area contributed by atoms with Gasteiger partial charge >= 0.3 is 0 Å². The van der Waals surface area contributed by atoms with Crippen LogP contribution in [0.5, 0.6) is 17.2 Å². The van der Waals surface area contributed by atoms with Crippen molar-refractivity contribution in [3.8, 4) is 17.2 Å². The molecule has 1 aliphatic heterocycles. The van der Waals surface area contributed by atoms with Crippen molar-refractivity contribution < 1.29 is 34.0 Å². The van der Waals surface area contributed by atoms with Crippen LogP contribution < -0.4 is 14.2 Å². The van der Waals surface area contributed by atoms with E-state index in [0.29, 0.717) is 0 Å². The van der Waals surface area contributed by atoms with E-state index in [1.807, 2.05) is 19.1 Å². The van der Waals surface area contributed by atoms with Crippen LogP contribution in [0.4, 0.5) is 0 Å². The largest absolute Gasteiger partial charge is 0.496 e. The Balaban J connectivity index is 0.000000720. The summed E-state index contributed by atoms with van der Waals surface area (Å²) in [4.78, 5) is 28.9. The van der Waals surface area contributed by atoms with Crippen LogP contribution >= 0.6 is 0 Å². The van der Waals surface area contributed by atoms with Gasteiger partial charge < -0.3 is 34.3 Å². The summed E-state index contributed by atoms with van der Waals surface area (Å²) in [6.07, 6.45) is 1.75. The van der Waals surface area contributed by atoms with Crippen molar-refractivity contribution in [1.82, 2.24) is 19.8 Å². The first-order valence-corrected chi connectivity index (χ1v) is 9.38. The third-order valence-electron chi connectivity index (χ3n) is 4.34. The molecule has 11 nitrogen and oxygen atoms in total. The van der Waals surface area contributed by atoms with Crippen LogP contribution in [-0.2, 0) is 22.7 Å². The second-order valence-corrected chi connectivity index (χ2v) is 6.72. The minimum atomic E-state index is -0.250. The van der Waals surface area contributed by atoms with E-state index < -0.39 is 0 Å². The summed E-state index contributed by atoms with van der Waals surface area (Å²) < 4.78 is 16.5. The van der Waals surface area contributed by atoms with E-state index >= 15 is 0 Å². The molecule has 2 aromatic rings. The highest BCUT2D eigenvalue weighted by molar-refractivity contribution is 5.51. The van der Waals surface area contributed by atoms with E-state index in [2.05, 4.69) is 33.9 Å². The highest BCUT2D eigenvalue weighted by Gasteiger charge is 2.20. The van der Waals surface area contributed by atoms with E-state index in [1.165, 1.54) is 0 Å². The van der Waals surface area contributed by atoms with Crippen LogP contribution in [0.25, 0.3) is 0 Å². The number of hydrogen-bond acceptors (Lipinski definition) is 8. The van der Waals surface area contributed by atoms with E-state index in [9.17, 15) is 0 Å². The molecule has 3 rings (SSSR count). The zero-order valence-electron chi connectivity index (χ0n) is 18.2. The fraction of sp³-hybridized carbons (Fsp3) is 0.450. The van der Waals surface area contributed by atoms with Gasteiger partial charge in [-0.25, -0.2) is 4.98 Å². The van der Waals surface area contributed by atoms with Crippen LogP contribution in [0, 0.1) is 6.92 Å². The summed E-state index contributed by atoms with van der Waals surface area (Å²) in [6.45, 7) is 5.24. The van der Waals surface area contributed by atoms with Crippen LogP contribution in [0.1, 0.15) is 17.0 Å². The van der Waals surface area contributed by atoms with E-state index in [4.69, 9.17) is 34.0 Å². The molecule has 0 spiro atoms. The lowest BCUT2D eigenvalue weighted by Gasteiger charge is -2.24. The number of imidazole rings is 1. The molecule has 0 radical (unpaired) electrons. The fourth-order valence-corrected chi connectivity index (χ4v) is 2.83. The number of aromatic amines is 1. The molecular formula is C20H30N4O7. The van der Waals surface area contributed by atoms with Crippen LogP contribution in [0.2, 0.25) is 0 Å². The molecule has 172 valence electrons. The van der Waals surface area contributed by atoms with Crippen molar-refractivity contribution in [3.63, 3.8) is 0 Å². The number of aromatic nitrogens is 2. The van der Waals surface area contributed by atoms with Gasteiger partial charge in [-0.3, -0.25) is 14.5 Å². The van der Waals surface area contributed by atoms with Crippen molar-refractivity contribution in [3.05, 3.63) is 35.4 Å². The zero-order chi connectivity index (χ0) is 23.2. The molecule has 3 N–H and O–H groups in total. The monoisotopic (exact) mass is 438 g/mol. The highest BCUT2D eigenvalue weighted by atomic mass is 16.7. The van der Waals surface area contributed by atoms with E-state index in [-0.39, 0.29) is 19.7 Å². The number of benzene rings is 1. The molecule has 0 bridgehead atoms. The molecule has 0 fully saturated rings. The van der Waals surface area contributed by atoms with Gasteiger partial charge in [0.25, 0.3) is 12.9 Å². The summed E-state index contributed by atoms with van der Waals surface area (Å²) in [5, 5.41) is 13.8. The summed E-state index contributed by atoms with van der Waals surface area (Å²) in [7, 11) is 5.85. The second-order valence-electron chi connectivity index (χ2n) is 6.72. The lowest BCUT2D eigenvalue weighted by atomic mass is 10.1. The van der Waals surface area contributed by atoms with Gasteiger partial charge in [-0.2, -0.15) is 0 Å². The molecule has 1 aromatic carbocycles. The number of rotatable bonds is 8. The third-order valence-corrected chi connectivity index (χ3v) is 4.34. The first-order valence-electron chi connectivity index (χ1n) is 9.38. The average molecular weight is 438 g/mol. The molecule has 1 aromatic heterocycles. The quantitative estimate of drug-likeness (QED) is 0.519. The van der Waals surface area contributed by atoms with Gasteiger partial charge in [0, 0.05) is 43.5 Å². The number of carbonyl (C=O) groups is 2. The maximum absolute atomic E-state index is 8.36. The average Bonchev–Trinajstić information content (AvgIpc) is 3.35. The van der Waals surface area contributed by atoms with E-state index in [1.54, 1.807) is 13.4 Å². The van der Waals surface area contributed by atoms with Crippen LogP contribution in [0.3, 0.4) is 0 Å². The predicted octanol–water partition coefficient (Wildman–Crippen LogP) is 1.42. The number of fused-ring (bicyclic) bond motifs is 1. The number of hydrogen-bond donors (Lipinski definition) is 3. The predicted molar refractivity (Wildman–Crippen MR) is 112 cm³/mol. The Morgan fingerprint density at radius 3 is 2.26 bits per heavy atom. The molecular weight excluding hydrogens is 408 g/mol. The lowest BCUT2D eigenvalue weighted by Crippen LogP contribution is -2.31. The number of nitrogens with one attached hydrogen (secondary N) is 1. The Hall–Kier alpha value is -3.31. The van der Waals surface area contributed by atoms with Gasteiger partial charge in [-0.15, -0.1) is 0 Å². The Kier molecular flexibility index (Phi) is 11.5. The summed E-state index contributed by atoms with van der Waals surface area (Å²) in [6, 6.07) is 3.92. The topological polar surface area (TPSA) is 137 Å². The molecule has 31 heavy (non-hydrogen) atoms. The first-order chi connectivity index (χ1) is 14.9. The number of methoxy groups -OCH3 is 1. The SMILES string of the molecule is COc1cc2c(cc1CN(CCN(C)C)Cc1nc[nH]c1C)OCO2.O=CO.O=CO. The van der Waals surface area contributed by atoms with Gasteiger partial charge in [0.15, 0.2) is 11.5 Å². The molecule has 0 atom stereocenters. The number of H-pyrrole nitrogens is 1. The minimum Gasteiger partial charge on any atom is -0.496 e. The number of ether oxygens (including phenoxy) is 3. The molecule has 0 saturated heterocycles. The number of likely N-dealkylation sites (N-methyl/N-ethyl adjacent to an activating group) is 1. The number of aryl methyl sites for hydroxylation is 1. The highest BCUT2D eigenvalue weighted by Crippen LogP contribution is 2.38. The molecule has 0 aliphatic carbocycles. The van der Waals surface area contributed by atoms with Gasteiger partial charge in [-0.05, 0) is 27.1 Å². The van der Waals surface area contributed by atoms with Crippen LogP contribution in [-0.4, -0.2) is 84.0 Å². The van der Waals surface area contributed by atoms with Crippen molar-refractivity contribution in [2.75, 3.05) is 41.1 Å². The Morgan fingerprint density at radius 1 is 1.13 bits per heavy atom. The second kappa shape index (κ2) is 13.8. The van der Waals surface area contributed by atoms with Crippen molar-refractivity contribution in [2.45, 2.75) is 20.0 Å². The molecule has 0 amide bonds. The van der Waals surface area contributed by atoms with Crippen LogP contribution in [0.15, 0.2) is 18.5 Å². The molecule has 0 saturated carbocycles. The molecule has 2 heterocycles. The Bertz CT molecular complexity index is 805. The lowest BCUT2D eigenvalue weighted by molar-refractivity contribution is -0.123. The minimum absolute atomic E-state index is 0.250. The third kappa shape index (κ3) is 8.52. The smallest absolute Gasteiger partial charge is 0.290 e. The van der Waals surface area contributed by atoms with Gasteiger partial charge in [-0.1, -0.05) is 0 Å². The number of carboxylic acid groups (broad SMARTS) is 2. The summed E-state index contributed by atoms with van der Waals surface area (Å²) in [5.41, 5.74) is 3.25. The number of nitrogens with zero attached hydrogens (tertiary/aromatic N) is 3. The van der Waals surface area contributed by atoms with Crippen molar-refractivity contribution in [2.24, 2.45) is 0 Å². The van der Waals surface area contributed by atoms with Gasteiger partial charge in [0.05, 0.1) is 19.1 Å². The normalized spacial score (nSPS) is 11.3. The summed E-state index contributed by atoms with van der Waals surface area (Å²) >= 11 is 0. The van der Waals surface area contributed by atoms with Crippen molar-refractivity contribution >= 4 is 12.9 Å². The maximum atomic E-state index is 8.36. The standard InChI is InChI=1S/C18H26N4O3.2CH2O2/c1-13-15(20-11-19-13)10-22(6-5-21(2)3)9-14-7-17-18(25-12-24-17)8-16(14)23-4;2*2-1-3/h7-8,11H,5-6,9-10,12H2,1-4H3,(H,19,20);2*1H,(H,2,3). The van der Waals surface area contributed by atoms with Crippen molar-refractivity contribution in [1.29, 1.82) is 0 Å². The fourth-order valence-electron chi connectivity index (χ4n) is 2.83. The molecule has 11 heteroatoms. The Labute approximate surface area is 181 Å². The zero-order valence-corrected chi connectivity index (χ0v) is 18.2. The van der Waals surface area contributed by atoms with Gasteiger partial charge in [0.2, 0.25) is 6.79 Å². The maximum Gasteiger partial charge on any atom is 0.290 e. The first kappa shape index (κ1) is 25.7. The van der Waals surface area contributed by atoms with E-state index in [0.717, 1.165) is 60.4 Å². The Morgan fingerprint density at radius 2 is 1.74 bits per heavy atom. The van der Waals surface area contributed by atoms with Gasteiger partial charge in [0.1, 0.15) is 5.75 Å².